The van der Waals surface area contributed by atoms with Crippen LogP contribution in [-0.4, -0.2) is 25.9 Å². The molecule has 0 aliphatic rings. The van der Waals surface area contributed by atoms with Crippen molar-refractivity contribution in [3.05, 3.63) is 88.2 Å². The van der Waals surface area contributed by atoms with Crippen molar-refractivity contribution >= 4 is 28.6 Å². The fourth-order valence-corrected chi connectivity index (χ4v) is 3.73. The van der Waals surface area contributed by atoms with Gasteiger partial charge in [-0.05, 0) is 43.0 Å². The van der Waals surface area contributed by atoms with E-state index in [2.05, 4.69) is 16.5 Å². The van der Waals surface area contributed by atoms with Crippen LogP contribution in [0.25, 0.3) is 33.7 Å². The first kappa shape index (κ1) is 20.7. The summed E-state index contributed by atoms with van der Waals surface area (Å²) in [5.41, 5.74) is 1.47. The molecule has 2 aromatic heterocycles. The molecule has 0 atom stereocenters. The third kappa shape index (κ3) is 3.59. The van der Waals surface area contributed by atoms with Crippen LogP contribution in [0, 0.1) is 18.6 Å². The average molecular weight is 437 g/mol. The zero-order chi connectivity index (χ0) is 22.3. The molecule has 156 valence electrons. The highest BCUT2D eigenvalue weighted by Gasteiger charge is 2.20. The van der Waals surface area contributed by atoms with Crippen LogP contribution in [0.1, 0.15) is 11.1 Å². The molecule has 0 bridgehead atoms. The number of rotatable bonds is 4. The van der Waals surface area contributed by atoms with Crippen LogP contribution in [0.15, 0.2) is 65.1 Å². The number of hydrogen-bond donors (Lipinski definition) is 1. The van der Waals surface area contributed by atoms with Crippen molar-refractivity contribution in [2.24, 2.45) is 0 Å². The number of pyridine rings is 1. The van der Waals surface area contributed by atoms with Gasteiger partial charge in [-0.1, -0.05) is 36.5 Å². The van der Waals surface area contributed by atoms with Gasteiger partial charge in [-0.15, -0.1) is 0 Å². The van der Waals surface area contributed by atoms with Gasteiger partial charge in [0.25, 0.3) is 5.56 Å². The lowest BCUT2D eigenvalue weighted by Gasteiger charge is -2.15. The fraction of sp³-hybridized carbons (Fsp3) is 0.0870. The molecule has 0 unspecified atom stereocenters. The summed E-state index contributed by atoms with van der Waals surface area (Å²) >= 11 is 1.23. The lowest BCUT2D eigenvalue weighted by atomic mass is 9.99. The van der Waals surface area contributed by atoms with Crippen LogP contribution in [0.2, 0.25) is 0 Å². The number of halogens is 2. The van der Waals surface area contributed by atoms with Crippen LogP contribution in [0.4, 0.5) is 8.78 Å². The number of aliphatic hydroxyl groups is 1. The highest BCUT2D eigenvalue weighted by molar-refractivity contribution is 7.98. The number of thioether (sulfide) groups is 1. The second kappa shape index (κ2) is 7.96. The zero-order valence-corrected chi connectivity index (χ0v) is 17.5. The van der Waals surface area contributed by atoms with E-state index < -0.39 is 22.9 Å². The fourth-order valence-electron chi connectivity index (χ4n) is 3.37. The van der Waals surface area contributed by atoms with Crippen LogP contribution >= 0.6 is 11.8 Å². The van der Waals surface area contributed by atoms with Gasteiger partial charge in [0.2, 0.25) is 0 Å². The minimum atomic E-state index is -0.879. The van der Waals surface area contributed by atoms with Gasteiger partial charge in [0, 0.05) is 22.6 Å². The Morgan fingerprint density at radius 3 is 2.45 bits per heavy atom. The number of para-hydroxylation sites is 1. The Kier molecular flexibility index (Phi) is 5.32. The van der Waals surface area contributed by atoms with E-state index in [0.717, 1.165) is 22.3 Å². The van der Waals surface area contributed by atoms with E-state index in [4.69, 9.17) is 0 Å². The summed E-state index contributed by atoms with van der Waals surface area (Å²) in [6.07, 6.45) is 1.76. The lowest BCUT2D eigenvalue weighted by Crippen LogP contribution is -2.21. The first-order valence-corrected chi connectivity index (χ1v) is 10.5. The number of nitrogens with zero attached hydrogens (tertiary/aromatic N) is 3. The minimum Gasteiger partial charge on any atom is -0.508 e. The van der Waals surface area contributed by atoms with Gasteiger partial charge in [-0.25, -0.2) is 18.7 Å². The van der Waals surface area contributed by atoms with Gasteiger partial charge >= 0.3 is 0 Å². The van der Waals surface area contributed by atoms with Gasteiger partial charge in [-0.3, -0.25) is 9.36 Å². The number of fused-ring (bicyclic) bond motifs is 1. The summed E-state index contributed by atoms with van der Waals surface area (Å²) < 4.78 is 30.1. The molecule has 0 spiro atoms. The van der Waals surface area contributed by atoms with Gasteiger partial charge in [0.15, 0.2) is 10.8 Å². The maximum absolute atomic E-state index is 14.6. The summed E-state index contributed by atoms with van der Waals surface area (Å²) in [4.78, 5) is 21.7. The topological polar surface area (TPSA) is 68.0 Å². The number of aliphatic hydroxyl groups excluding tert-OH is 1. The predicted octanol–water partition coefficient (Wildman–Crippen LogP) is 5.28. The van der Waals surface area contributed by atoms with E-state index in [-0.39, 0.29) is 11.4 Å². The molecule has 0 saturated carbocycles. The first-order valence-electron chi connectivity index (χ1n) is 9.23. The summed E-state index contributed by atoms with van der Waals surface area (Å²) in [7, 11) is 0. The Labute approximate surface area is 180 Å². The molecule has 2 aromatic carbocycles. The molecule has 0 fully saturated rings. The molecular formula is C23H17F2N3O2S. The molecule has 4 aromatic rings. The zero-order valence-electron chi connectivity index (χ0n) is 16.7. The van der Waals surface area contributed by atoms with Crippen LogP contribution in [-0.2, 0) is 0 Å². The highest BCUT2D eigenvalue weighted by atomic mass is 32.2. The van der Waals surface area contributed by atoms with Crippen LogP contribution < -0.4 is 5.56 Å². The lowest BCUT2D eigenvalue weighted by molar-refractivity contribution is 0.514. The van der Waals surface area contributed by atoms with E-state index in [1.807, 2.05) is 13.0 Å². The molecular weight excluding hydrogens is 420 g/mol. The molecule has 31 heavy (non-hydrogen) atoms. The summed E-state index contributed by atoms with van der Waals surface area (Å²) in [5, 5.41) is 10.6. The largest absolute Gasteiger partial charge is 0.508 e. The van der Waals surface area contributed by atoms with E-state index in [9.17, 15) is 18.7 Å². The maximum Gasteiger partial charge on any atom is 0.256 e. The summed E-state index contributed by atoms with van der Waals surface area (Å²) in [5.74, 6) is -1.86. The standard InChI is InChI=1S/C23H17F2N3O2S/c1-12-7-8-14(13(2)29)11-16(12)20-15-9-10-19(30)28(22(15)27-23(26-20)31-3)21-17(24)5-4-6-18(21)25/h4-11,29H,2H2,1,3H3. The van der Waals surface area contributed by atoms with Gasteiger partial charge < -0.3 is 5.11 Å². The van der Waals surface area contributed by atoms with Crippen molar-refractivity contribution in [1.29, 1.82) is 0 Å². The second-order valence-corrected chi connectivity index (χ2v) is 7.62. The molecule has 1 N–H and O–H groups in total. The number of benzene rings is 2. The molecule has 8 heteroatoms. The summed E-state index contributed by atoms with van der Waals surface area (Å²) in [6.45, 7) is 5.43. The molecule has 0 radical (unpaired) electrons. The van der Waals surface area contributed by atoms with E-state index in [0.29, 0.717) is 27.4 Å². The maximum atomic E-state index is 14.6. The van der Waals surface area contributed by atoms with Crippen LogP contribution in [0.5, 0.6) is 0 Å². The molecule has 0 aliphatic heterocycles. The molecule has 5 nitrogen and oxygen atoms in total. The Morgan fingerprint density at radius 1 is 1.10 bits per heavy atom. The summed E-state index contributed by atoms with van der Waals surface area (Å²) in [6, 6.07) is 11.4. The molecule has 0 amide bonds. The minimum absolute atomic E-state index is 0.0819. The second-order valence-electron chi connectivity index (χ2n) is 6.85. The van der Waals surface area contributed by atoms with Gasteiger partial charge in [0.05, 0.1) is 5.69 Å². The number of aromatic nitrogens is 3. The van der Waals surface area contributed by atoms with Gasteiger partial charge in [0.1, 0.15) is 23.1 Å². The quantitative estimate of drug-likeness (QED) is 0.267. The Balaban J connectivity index is 2.15. The third-order valence-corrected chi connectivity index (χ3v) is 5.45. The number of aryl methyl sites for hydroxylation is 1. The van der Waals surface area contributed by atoms with E-state index in [1.54, 1.807) is 18.4 Å². The smallest absolute Gasteiger partial charge is 0.256 e. The Bertz CT molecular complexity index is 1400. The van der Waals surface area contributed by atoms with Crippen molar-refractivity contribution in [1.82, 2.24) is 14.5 Å². The van der Waals surface area contributed by atoms with Crippen molar-refractivity contribution in [3.63, 3.8) is 0 Å². The number of hydrogen-bond acceptors (Lipinski definition) is 5. The molecule has 4 rings (SSSR count). The molecule has 0 aliphatic carbocycles. The molecule has 2 heterocycles. The van der Waals surface area contributed by atoms with E-state index in [1.165, 1.54) is 30.0 Å². The average Bonchev–Trinajstić information content (AvgIpc) is 2.74. The van der Waals surface area contributed by atoms with Crippen molar-refractivity contribution in [2.75, 3.05) is 6.26 Å². The third-order valence-electron chi connectivity index (χ3n) is 4.90. The Morgan fingerprint density at radius 2 is 1.81 bits per heavy atom. The van der Waals surface area contributed by atoms with Gasteiger partial charge in [-0.2, -0.15) is 0 Å². The highest BCUT2D eigenvalue weighted by Crippen LogP contribution is 2.32. The first-order chi connectivity index (χ1) is 14.8. The predicted molar refractivity (Wildman–Crippen MR) is 119 cm³/mol. The van der Waals surface area contributed by atoms with Crippen molar-refractivity contribution in [2.45, 2.75) is 12.1 Å². The normalized spacial score (nSPS) is 11.1. The Hall–Kier alpha value is -3.52. The SMILES string of the molecule is C=C(O)c1ccc(C)c(-c2nc(SC)nc3c2ccc(=O)n3-c2c(F)cccc2F)c1. The van der Waals surface area contributed by atoms with E-state index >= 15 is 0 Å². The van der Waals surface area contributed by atoms with Crippen molar-refractivity contribution < 1.29 is 13.9 Å². The molecule has 0 saturated heterocycles. The van der Waals surface area contributed by atoms with Crippen molar-refractivity contribution in [3.8, 4) is 16.9 Å². The monoisotopic (exact) mass is 437 g/mol. The van der Waals surface area contributed by atoms with Crippen LogP contribution in [0.3, 0.4) is 0 Å².